The van der Waals surface area contributed by atoms with Crippen LogP contribution in [0.15, 0.2) is 27.7 Å². The first-order chi connectivity index (χ1) is 11.2. The maximum atomic E-state index is 11.4. The van der Waals surface area contributed by atoms with Crippen molar-refractivity contribution in [1.82, 2.24) is 10.4 Å². The van der Waals surface area contributed by atoms with E-state index < -0.39 is 0 Å². The Bertz CT molecular complexity index is 779. The Kier molecular flexibility index (Phi) is 3.72. The van der Waals surface area contributed by atoms with Gasteiger partial charge in [0.2, 0.25) is 5.91 Å². The summed E-state index contributed by atoms with van der Waals surface area (Å²) in [5, 5.41) is 4.21. The zero-order chi connectivity index (χ0) is 15.8. The number of nitrogens with zero attached hydrogens (tertiary/aromatic N) is 3. The topological polar surface area (TPSA) is 70.7 Å². The molecule has 0 saturated carbocycles. The van der Waals surface area contributed by atoms with Gasteiger partial charge in [0, 0.05) is 42.5 Å². The average molecular weight is 330 g/mol. The van der Waals surface area contributed by atoms with Gasteiger partial charge in [0.1, 0.15) is 5.52 Å². The van der Waals surface area contributed by atoms with Gasteiger partial charge in [0.05, 0.1) is 5.71 Å². The van der Waals surface area contributed by atoms with E-state index in [1.54, 1.807) is 0 Å². The van der Waals surface area contributed by atoms with Crippen LogP contribution in [0, 0.1) is 5.92 Å². The highest BCUT2D eigenvalue weighted by molar-refractivity contribution is 7.99. The van der Waals surface area contributed by atoms with E-state index in [-0.39, 0.29) is 11.8 Å². The number of hydrazone groups is 1. The molecule has 0 bridgehead atoms. The first-order valence-electron chi connectivity index (χ1n) is 7.81. The normalized spacial score (nSPS) is 22.1. The largest absolute Gasteiger partial charge is 0.423 e. The van der Waals surface area contributed by atoms with Crippen LogP contribution in [-0.4, -0.2) is 41.2 Å². The van der Waals surface area contributed by atoms with Gasteiger partial charge in [0.25, 0.3) is 6.01 Å². The molecule has 1 atom stereocenters. The maximum absolute atomic E-state index is 11.4. The number of amides is 1. The Morgan fingerprint density at radius 3 is 2.96 bits per heavy atom. The molecule has 23 heavy (non-hydrogen) atoms. The molecule has 1 saturated heterocycles. The van der Waals surface area contributed by atoms with Crippen molar-refractivity contribution in [2.45, 2.75) is 13.3 Å². The molecular formula is C16H18N4O2S. The summed E-state index contributed by atoms with van der Waals surface area (Å²) in [5.41, 5.74) is 6.04. The minimum Gasteiger partial charge on any atom is -0.423 e. The Balaban J connectivity index is 1.66. The molecule has 1 fully saturated rings. The van der Waals surface area contributed by atoms with Gasteiger partial charge in [-0.3, -0.25) is 4.79 Å². The van der Waals surface area contributed by atoms with E-state index in [0.717, 1.165) is 47.0 Å². The summed E-state index contributed by atoms with van der Waals surface area (Å²) in [4.78, 5) is 18.2. The Morgan fingerprint density at radius 1 is 1.35 bits per heavy atom. The van der Waals surface area contributed by atoms with E-state index in [4.69, 9.17) is 4.42 Å². The SMILES string of the molecule is CC1CC(=O)NN=C1c1ccc2nc(N3CCSCC3)oc2c1. The standard InChI is InChI=1S/C16H18N4O2S/c1-10-8-14(21)18-19-15(10)11-2-3-12-13(9-11)22-16(17-12)20-4-6-23-7-5-20/h2-3,9-10H,4-8H2,1H3,(H,18,21). The van der Waals surface area contributed by atoms with Gasteiger partial charge in [-0.25, -0.2) is 5.43 Å². The molecule has 1 N–H and O–H groups in total. The summed E-state index contributed by atoms with van der Waals surface area (Å²) < 4.78 is 5.96. The fourth-order valence-corrected chi connectivity index (χ4v) is 3.87. The zero-order valence-corrected chi connectivity index (χ0v) is 13.7. The molecule has 4 rings (SSSR count). The van der Waals surface area contributed by atoms with Crippen molar-refractivity contribution >= 4 is 40.5 Å². The van der Waals surface area contributed by atoms with E-state index in [2.05, 4.69) is 20.4 Å². The number of nitrogens with one attached hydrogen (secondary N) is 1. The minimum absolute atomic E-state index is 0.0350. The molecule has 120 valence electrons. The molecule has 1 amide bonds. The fourth-order valence-electron chi connectivity index (χ4n) is 2.96. The summed E-state index contributed by atoms with van der Waals surface area (Å²) in [6, 6.07) is 6.62. The van der Waals surface area contributed by atoms with Gasteiger partial charge in [-0.1, -0.05) is 13.0 Å². The van der Waals surface area contributed by atoms with Crippen molar-refractivity contribution in [3.8, 4) is 0 Å². The molecule has 2 aliphatic rings. The summed E-state index contributed by atoms with van der Waals surface area (Å²) in [6.45, 7) is 3.96. The van der Waals surface area contributed by atoms with Gasteiger partial charge >= 0.3 is 0 Å². The van der Waals surface area contributed by atoms with Crippen molar-refractivity contribution in [3.05, 3.63) is 23.8 Å². The first-order valence-corrected chi connectivity index (χ1v) is 8.96. The highest BCUT2D eigenvalue weighted by atomic mass is 32.2. The lowest BCUT2D eigenvalue weighted by molar-refractivity contribution is -0.121. The number of rotatable bonds is 2. The molecule has 0 radical (unpaired) electrons. The summed E-state index contributed by atoms with van der Waals surface area (Å²) >= 11 is 1.96. The molecular weight excluding hydrogens is 312 g/mol. The lowest BCUT2D eigenvalue weighted by Gasteiger charge is -2.24. The van der Waals surface area contributed by atoms with E-state index in [0.29, 0.717) is 12.4 Å². The van der Waals surface area contributed by atoms with Gasteiger partial charge in [-0.15, -0.1) is 0 Å². The van der Waals surface area contributed by atoms with E-state index >= 15 is 0 Å². The molecule has 1 unspecified atom stereocenters. The lowest BCUT2D eigenvalue weighted by Crippen LogP contribution is -2.32. The van der Waals surface area contributed by atoms with Gasteiger partial charge in [-0.05, 0) is 12.1 Å². The number of carbonyl (C=O) groups is 1. The predicted molar refractivity (Wildman–Crippen MR) is 92.0 cm³/mol. The number of carbonyl (C=O) groups excluding carboxylic acids is 1. The quantitative estimate of drug-likeness (QED) is 0.914. The van der Waals surface area contributed by atoms with Gasteiger partial charge in [0.15, 0.2) is 5.58 Å². The molecule has 1 aromatic carbocycles. The highest BCUT2D eigenvalue weighted by Crippen LogP contribution is 2.26. The molecule has 7 heteroatoms. The predicted octanol–water partition coefficient (Wildman–Crippen LogP) is 2.24. The number of benzene rings is 1. The first kappa shape index (κ1) is 14.6. The molecule has 2 aromatic rings. The van der Waals surface area contributed by atoms with E-state index in [1.807, 2.05) is 36.9 Å². The van der Waals surface area contributed by atoms with Gasteiger partial charge in [-0.2, -0.15) is 21.8 Å². The van der Waals surface area contributed by atoms with Crippen molar-refractivity contribution in [1.29, 1.82) is 0 Å². The second-order valence-electron chi connectivity index (χ2n) is 5.92. The van der Waals surface area contributed by atoms with Crippen LogP contribution in [0.4, 0.5) is 6.01 Å². The van der Waals surface area contributed by atoms with Crippen molar-refractivity contribution in [2.24, 2.45) is 11.0 Å². The second kappa shape index (κ2) is 5.88. The van der Waals surface area contributed by atoms with Crippen LogP contribution in [0.5, 0.6) is 0 Å². The van der Waals surface area contributed by atoms with Crippen LogP contribution >= 0.6 is 11.8 Å². The number of aromatic nitrogens is 1. The van der Waals surface area contributed by atoms with Crippen LogP contribution in [0.2, 0.25) is 0 Å². The number of hydrogen-bond acceptors (Lipinski definition) is 6. The summed E-state index contributed by atoms with van der Waals surface area (Å²) in [7, 11) is 0. The molecule has 3 heterocycles. The third-order valence-corrected chi connectivity index (χ3v) is 5.16. The third kappa shape index (κ3) is 2.81. The summed E-state index contributed by atoms with van der Waals surface area (Å²) in [6.07, 6.45) is 0.462. The molecule has 6 nitrogen and oxygen atoms in total. The monoisotopic (exact) mass is 330 g/mol. The Morgan fingerprint density at radius 2 is 2.17 bits per heavy atom. The zero-order valence-electron chi connectivity index (χ0n) is 12.9. The molecule has 0 aliphatic carbocycles. The van der Waals surface area contributed by atoms with Crippen molar-refractivity contribution in [3.63, 3.8) is 0 Å². The Hall–Kier alpha value is -2.02. The van der Waals surface area contributed by atoms with E-state index in [9.17, 15) is 4.79 Å². The molecule has 2 aliphatic heterocycles. The average Bonchev–Trinajstić information content (AvgIpc) is 2.99. The third-order valence-electron chi connectivity index (χ3n) is 4.21. The molecule has 1 aromatic heterocycles. The smallest absolute Gasteiger partial charge is 0.298 e. The van der Waals surface area contributed by atoms with Crippen molar-refractivity contribution < 1.29 is 9.21 Å². The van der Waals surface area contributed by atoms with Crippen LogP contribution in [-0.2, 0) is 4.79 Å². The fraction of sp³-hybridized carbons (Fsp3) is 0.438. The Labute approximate surface area is 138 Å². The number of fused-ring (bicyclic) bond motifs is 1. The molecule has 0 spiro atoms. The van der Waals surface area contributed by atoms with Crippen LogP contribution < -0.4 is 10.3 Å². The lowest BCUT2D eigenvalue weighted by atomic mass is 9.94. The number of anilines is 1. The minimum atomic E-state index is -0.0350. The van der Waals surface area contributed by atoms with E-state index in [1.165, 1.54) is 0 Å². The number of oxazole rings is 1. The maximum Gasteiger partial charge on any atom is 0.298 e. The van der Waals surface area contributed by atoms with Crippen LogP contribution in [0.25, 0.3) is 11.1 Å². The van der Waals surface area contributed by atoms with Crippen LogP contribution in [0.1, 0.15) is 18.9 Å². The number of hydrogen-bond donors (Lipinski definition) is 1. The van der Waals surface area contributed by atoms with Gasteiger partial charge < -0.3 is 9.32 Å². The van der Waals surface area contributed by atoms with Crippen molar-refractivity contribution in [2.75, 3.05) is 29.5 Å². The highest BCUT2D eigenvalue weighted by Gasteiger charge is 2.23. The number of thioether (sulfide) groups is 1. The van der Waals surface area contributed by atoms with Crippen LogP contribution in [0.3, 0.4) is 0 Å². The second-order valence-corrected chi connectivity index (χ2v) is 7.14. The summed E-state index contributed by atoms with van der Waals surface area (Å²) in [5.74, 6) is 2.28.